The molecule has 1 aromatic heterocycles. The van der Waals surface area contributed by atoms with Gasteiger partial charge in [0.1, 0.15) is 6.10 Å². The molecular formula is C12H21N3O3Si. The third-order valence-corrected chi connectivity index (χ3v) is 8.62. The van der Waals surface area contributed by atoms with Crippen LogP contribution in [0.15, 0.2) is 9.59 Å². The molecule has 0 aromatic carbocycles. The molecule has 106 valence electrons. The molecule has 0 bridgehead atoms. The van der Waals surface area contributed by atoms with E-state index in [-0.39, 0.29) is 11.1 Å². The molecule has 0 amide bonds. The van der Waals surface area contributed by atoms with Crippen LogP contribution in [0.1, 0.15) is 39.1 Å². The zero-order valence-corrected chi connectivity index (χ0v) is 13.1. The van der Waals surface area contributed by atoms with Gasteiger partial charge < -0.3 is 4.43 Å². The first-order chi connectivity index (χ1) is 8.63. The van der Waals surface area contributed by atoms with Crippen molar-refractivity contribution in [1.82, 2.24) is 14.8 Å². The van der Waals surface area contributed by atoms with Crippen LogP contribution in [0.2, 0.25) is 18.1 Å². The van der Waals surface area contributed by atoms with Crippen LogP contribution in [0, 0.1) is 0 Å². The van der Waals surface area contributed by atoms with Gasteiger partial charge in [-0.1, -0.05) is 20.8 Å². The SMILES string of the molecule is CC(C)(C)[Si](C)(C)OC1CCn2c1n[nH]c(=O)c2=O. The number of fused-ring (bicyclic) bond motifs is 1. The summed E-state index contributed by atoms with van der Waals surface area (Å²) in [6.45, 7) is 11.3. The Hall–Kier alpha value is -1.21. The molecule has 19 heavy (non-hydrogen) atoms. The predicted molar refractivity (Wildman–Crippen MR) is 74.8 cm³/mol. The highest BCUT2D eigenvalue weighted by atomic mass is 28.4. The molecule has 1 unspecified atom stereocenters. The molecule has 1 aromatic rings. The first-order valence-corrected chi connectivity index (χ1v) is 9.41. The molecule has 0 saturated heterocycles. The lowest BCUT2D eigenvalue weighted by Crippen LogP contribution is -2.42. The molecule has 2 rings (SSSR count). The molecular weight excluding hydrogens is 262 g/mol. The monoisotopic (exact) mass is 283 g/mol. The summed E-state index contributed by atoms with van der Waals surface area (Å²) in [6, 6.07) is 0. The van der Waals surface area contributed by atoms with Crippen molar-refractivity contribution in [1.29, 1.82) is 0 Å². The van der Waals surface area contributed by atoms with E-state index in [1.807, 2.05) is 0 Å². The fourth-order valence-electron chi connectivity index (χ4n) is 1.92. The van der Waals surface area contributed by atoms with Crippen LogP contribution in [-0.2, 0) is 11.0 Å². The Kier molecular flexibility index (Phi) is 3.30. The van der Waals surface area contributed by atoms with Crippen LogP contribution < -0.4 is 11.1 Å². The molecule has 1 aliphatic heterocycles. The van der Waals surface area contributed by atoms with Crippen molar-refractivity contribution in [3.8, 4) is 0 Å². The Morgan fingerprint density at radius 2 is 2.00 bits per heavy atom. The van der Waals surface area contributed by atoms with E-state index in [1.54, 1.807) is 0 Å². The maximum absolute atomic E-state index is 11.7. The van der Waals surface area contributed by atoms with E-state index in [4.69, 9.17) is 4.43 Å². The first-order valence-electron chi connectivity index (χ1n) is 6.51. The maximum atomic E-state index is 11.7. The van der Waals surface area contributed by atoms with Crippen LogP contribution in [-0.4, -0.2) is 23.1 Å². The van der Waals surface area contributed by atoms with E-state index < -0.39 is 19.4 Å². The summed E-state index contributed by atoms with van der Waals surface area (Å²) in [5.41, 5.74) is -1.21. The van der Waals surface area contributed by atoms with Crippen LogP contribution >= 0.6 is 0 Å². The Morgan fingerprint density at radius 3 is 2.58 bits per heavy atom. The number of rotatable bonds is 2. The van der Waals surface area contributed by atoms with Gasteiger partial charge in [-0.15, -0.1) is 0 Å². The van der Waals surface area contributed by atoms with Crippen LogP contribution in [0.5, 0.6) is 0 Å². The minimum Gasteiger partial charge on any atom is -0.407 e. The van der Waals surface area contributed by atoms with Gasteiger partial charge in [0.25, 0.3) is 0 Å². The predicted octanol–water partition coefficient (Wildman–Crippen LogP) is 1.40. The lowest BCUT2D eigenvalue weighted by atomic mass is 10.2. The van der Waals surface area contributed by atoms with Gasteiger partial charge in [-0.3, -0.25) is 14.2 Å². The largest absolute Gasteiger partial charge is 0.407 e. The van der Waals surface area contributed by atoms with Gasteiger partial charge >= 0.3 is 11.1 Å². The summed E-state index contributed by atoms with van der Waals surface area (Å²) in [5, 5.41) is 6.34. The second-order valence-corrected chi connectivity index (χ2v) is 11.3. The Balaban J connectivity index is 2.32. The van der Waals surface area contributed by atoms with Gasteiger partial charge in [0.05, 0.1) is 0 Å². The fourth-order valence-corrected chi connectivity index (χ4v) is 3.21. The topological polar surface area (TPSA) is 77.0 Å². The zero-order chi connectivity index (χ0) is 14.4. The van der Waals surface area contributed by atoms with Gasteiger partial charge in [-0.05, 0) is 24.6 Å². The average Bonchev–Trinajstić information content (AvgIpc) is 2.65. The zero-order valence-electron chi connectivity index (χ0n) is 12.1. The van der Waals surface area contributed by atoms with Crippen molar-refractivity contribution in [2.24, 2.45) is 0 Å². The number of nitrogens with zero attached hydrogens (tertiary/aromatic N) is 2. The number of aromatic amines is 1. The van der Waals surface area contributed by atoms with Gasteiger partial charge in [-0.25, -0.2) is 5.10 Å². The highest BCUT2D eigenvalue weighted by Crippen LogP contribution is 2.41. The van der Waals surface area contributed by atoms with E-state index in [0.717, 1.165) is 0 Å². The van der Waals surface area contributed by atoms with Gasteiger partial charge in [-0.2, -0.15) is 5.10 Å². The van der Waals surface area contributed by atoms with Crippen LogP contribution in [0.3, 0.4) is 0 Å². The van der Waals surface area contributed by atoms with E-state index in [2.05, 4.69) is 44.1 Å². The standard InChI is InChI=1S/C12H21N3O3Si/c1-12(2,3)19(4,5)18-8-6-7-15-9(8)13-14-10(16)11(15)17/h8H,6-7H2,1-5H3,(H,14,16). The second kappa shape index (κ2) is 4.41. The minimum atomic E-state index is -1.92. The molecule has 0 saturated carbocycles. The Labute approximate surface area is 112 Å². The van der Waals surface area contributed by atoms with Crippen LogP contribution in [0.4, 0.5) is 0 Å². The van der Waals surface area contributed by atoms with E-state index >= 15 is 0 Å². The molecule has 0 fully saturated rings. The van der Waals surface area contributed by atoms with E-state index in [1.165, 1.54) is 4.57 Å². The highest BCUT2D eigenvalue weighted by molar-refractivity contribution is 6.74. The van der Waals surface area contributed by atoms with Gasteiger partial charge in [0.15, 0.2) is 14.1 Å². The lowest BCUT2D eigenvalue weighted by Gasteiger charge is -2.38. The molecule has 0 aliphatic carbocycles. The smallest absolute Gasteiger partial charge is 0.330 e. The van der Waals surface area contributed by atoms with Crippen LogP contribution in [0.25, 0.3) is 0 Å². The third kappa shape index (κ3) is 2.44. The number of H-pyrrole nitrogens is 1. The van der Waals surface area contributed by atoms with Gasteiger partial charge in [0, 0.05) is 6.54 Å². The van der Waals surface area contributed by atoms with Crippen molar-refractivity contribution in [3.63, 3.8) is 0 Å². The molecule has 1 atom stereocenters. The fraction of sp³-hybridized carbons (Fsp3) is 0.750. The summed E-state index contributed by atoms with van der Waals surface area (Å²) in [7, 11) is -1.92. The van der Waals surface area contributed by atoms with Crippen molar-refractivity contribution >= 4 is 8.32 Å². The summed E-state index contributed by atoms with van der Waals surface area (Å²) in [5.74, 6) is 0.550. The molecule has 2 heterocycles. The quantitative estimate of drug-likeness (QED) is 0.657. The number of hydrogen-bond acceptors (Lipinski definition) is 4. The van der Waals surface area contributed by atoms with E-state index in [0.29, 0.717) is 18.8 Å². The summed E-state index contributed by atoms with van der Waals surface area (Å²) >= 11 is 0. The maximum Gasteiger partial charge on any atom is 0.330 e. The molecule has 0 radical (unpaired) electrons. The summed E-state index contributed by atoms with van der Waals surface area (Å²) in [6.07, 6.45) is 0.511. The lowest BCUT2D eigenvalue weighted by molar-refractivity contribution is 0.180. The minimum absolute atomic E-state index is 0.100. The molecule has 7 heteroatoms. The normalized spacial score (nSPS) is 19.5. The number of hydrogen-bond donors (Lipinski definition) is 1. The Bertz CT molecular complexity index is 597. The van der Waals surface area contributed by atoms with Gasteiger partial charge in [0.2, 0.25) is 0 Å². The first kappa shape index (κ1) is 14.2. The Morgan fingerprint density at radius 1 is 1.37 bits per heavy atom. The van der Waals surface area contributed by atoms with Crippen molar-refractivity contribution < 1.29 is 4.43 Å². The summed E-state index contributed by atoms with van der Waals surface area (Å²) < 4.78 is 7.71. The summed E-state index contributed by atoms with van der Waals surface area (Å²) in [4.78, 5) is 23.0. The van der Waals surface area contributed by atoms with Crippen molar-refractivity contribution in [3.05, 3.63) is 26.5 Å². The molecule has 6 nitrogen and oxygen atoms in total. The number of nitrogens with one attached hydrogen (secondary N) is 1. The third-order valence-electron chi connectivity index (χ3n) is 4.13. The van der Waals surface area contributed by atoms with E-state index in [9.17, 15) is 9.59 Å². The van der Waals surface area contributed by atoms with Crippen molar-refractivity contribution in [2.45, 2.75) is 58.0 Å². The number of aromatic nitrogens is 3. The molecule has 0 spiro atoms. The van der Waals surface area contributed by atoms with Crippen molar-refractivity contribution in [2.75, 3.05) is 0 Å². The molecule has 1 N–H and O–H groups in total. The second-order valence-electron chi connectivity index (χ2n) is 6.52. The average molecular weight is 283 g/mol. The highest BCUT2D eigenvalue weighted by Gasteiger charge is 2.41. The molecule has 1 aliphatic rings.